The third kappa shape index (κ3) is 2.45. The molecule has 0 aromatic heterocycles. The zero-order chi connectivity index (χ0) is 14.8. The van der Waals surface area contributed by atoms with Crippen molar-refractivity contribution in [3.63, 3.8) is 0 Å². The summed E-state index contributed by atoms with van der Waals surface area (Å²) in [6, 6.07) is 8.10. The topological polar surface area (TPSA) is 55.6 Å². The highest BCUT2D eigenvalue weighted by Crippen LogP contribution is 2.39. The van der Waals surface area contributed by atoms with Gasteiger partial charge in [-0.3, -0.25) is 4.79 Å². The fourth-order valence-electron chi connectivity index (χ4n) is 2.80. The monoisotopic (exact) mass is 276 g/mol. The van der Waals surface area contributed by atoms with E-state index in [1.807, 2.05) is 36.9 Å². The van der Waals surface area contributed by atoms with E-state index in [2.05, 4.69) is 6.07 Å². The molecule has 20 heavy (non-hydrogen) atoms. The van der Waals surface area contributed by atoms with Crippen LogP contribution in [-0.4, -0.2) is 31.7 Å². The first kappa shape index (κ1) is 15.0. The van der Waals surface area contributed by atoms with E-state index in [0.29, 0.717) is 25.4 Å². The number of rotatable bonds is 5. The molecule has 2 N–H and O–H groups in total. The van der Waals surface area contributed by atoms with Crippen molar-refractivity contribution in [2.45, 2.75) is 38.2 Å². The maximum Gasteiger partial charge on any atom is 0.258 e. The lowest BCUT2D eigenvalue weighted by atomic mass is 9.98. The highest BCUT2D eigenvalue weighted by Gasteiger charge is 2.40. The maximum absolute atomic E-state index is 12.8. The first-order valence-electron chi connectivity index (χ1n) is 7.23. The van der Waals surface area contributed by atoms with Crippen molar-refractivity contribution in [1.82, 2.24) is 0 Å². The Hall–Kier alpha value is -1.39. The fourth-order valence-corrected chi connectivity index (χ4v) is 2.80. The van der Waals surface area contributed by atoms with Crippen LogP contribution in [0.25, 0.3) is 0 Å². The maximum atomic E-state index is 12.8. The summed E-state index contributed by atoms with van der Waals surface area (Å²) < 4.78 is 5.46. The molecular formula is C16H24N2O2. The number of hydrogen-bond donors (Lipinski definition) is 1. The van der Waals surface area contributed by atoms with E-state index in [1.54, 1.807) is 7.11 Å². The summed E-state index contributed by atoms with van der Waals surface area (Å²) >= 11 is 0. The lowest BCUT2D eigenvalue weighted by Crippen LogP contribution is -2.47. The van der Waals surface area contributed by atoms with Gasteiger partial charge in [0.25, 0.3) is 5.91 Å². The second-order valence-corrected chi connectivity index (χ2v) is 5.54. The van der Waals surface area contributed by atoms with Crippen LogP contribution in [0.4, 0.5) is 5.69 Å². The van der Waals surface area contributed by atoms with Gasteiger partial charge in [-0.25, -0.2) is 0 Å². The Balaban J connectivity index is 2.33. The quantitative estimate of drug-likeness (QED) is 0.897. The molecule has 4 nitrogen and oxygen atoms in total. The Labute approximate surface area is 120 Å². The number of amides is 1. The van der Waals surface area contributed by atoms with Crippen molar-refractivity contribution in [3.05, 3.63) is 29.8 Å². The van der Waals surface area contributed by atoms with Gasteiger partial charge < -0.3 is 15.4 Å². The Morgan fingerprint density at radius 1 is 1.50 bits per heavy atom. The number of hydrogen-bond acceptors (Lipinski definition) is 3. The molecule has 110 valence electrons. The van der Waals surface area contributed by atoms with Crippen molar-refractivity contribution >= 4 is 11.6 Å². The highest BCUT2D eigenvalue weighted by atomic mass is 16.5. The first-order chi connectivity index (χ1) is 9.57. The smallest absolute Gasteiger partial charge is 0.258 e. The molecule has 1 amide bonds. The molecule has 4 heteroatoms. The minimum absolute atomic E-state index is 0.0365. The summed E-state index contributed by atoms with van der Waals surface area (Å²) in [6.07, 6.45) is 1.55. The number of nitrogens with zero attached hydrogens (tertiary/aromatic N) is 1. The summed E-state index contributed by atoms with van der Waals surface area (Å²) in [6.45, 7) is 5.17. The molecule has 0 bridgehead atoms. The van der Waals surface area contributed by atoms with Gasteiger partial charge in [0, 0.05) is 25.3 Å². The van der Waals surface area contributed by atoms with Crippen LogP contribution in [0.5, 0.6) is 0 Å². The molecule has 1 aromatic rings. The molecule has 0 saturated carbocycles. The van der Waals surface area contributed by atoms with Crippen molar-refractivity contribution in [1.29, 1.82) is 0 Å². The van der Waals surface area contributed by atoms with Crippen molar-refractivity contribution in [2.75, 3.05) is 25.1 Å². The lowest BCUT2D eigenvalue weighted by molar-refractivity contribution is -0.138. The summed E-state index contributed by atoms with van der Waals surface area (Å²) in [7, 11) is 1.60. The summed E-state index contributed by atoms with van der Waals surface area (Å²) in [4.78, 5) is 14.7. The number of carbonyl (C=O) groups excluding carboxylic acids is 1. The van der Waals surface area contributed by atoms with Gasteiger partial charge in [-0.15, -0.1) is 0 Å². The van der Waals surface area contributed by atoms with E-state index in [4.69, 9.17) is 10.5 Å². The number of fused-ring (bicyclic) bond motifs is 1. The van der Waals surface area contributed by atoms with Crippen LogP contribution < -0.4 is 10.6 Å². The molecule has 2 atom stereocenters. The van der Waals surface area contributed by atoms with Gasteiger partial charge in [0.15, 0.2) is 0 Å². The van der Waals surface area contributed by atoms with Gasteiger partial charge in [-0.1, -0.05) is 25.1 Å². The van der Waals surface area contributed by atoms with Crippen molar-refractivity contribution in [2.24, 2.45) is 5.73 Å². The normalized spacial score (nSPS) is 20.6. The van der Waals surface area contributed by atoms with Gasteiger partial charge in [0.1, 0.15) is 5.60 Å². The van der Waals surface area contributed by atoms with Gasteiger partial charge >= 0.3 is 0 Å². The molecule has 0 fully saturated rings. The van der Waals surface area contributed by atoms with Gasteiger partial charge in [0.2, 0.25) is 0 Å². The summed E-state index contributed by atoms with van der Waals surface area (Å²) in [5.74, 6) is 0.368. The molecule has 0 spiro atoms. The molecule has 1 aromatic carbocycles. The lowest BCUT2D eigenvalue weighted by Gasteiger charge is -2.31. The van der Waals surface area contributed by atoms with Crippen LogP contribution in [0.3, 0.4) is 0 Å². The number of nitrogens with two attached hydrogens (primary N) is 1. The van der Waals surface area contributed by atoms with E-state index in [1.165, 1.54) is 5.56 Å². The molecular weight excluding hydrogens is 252 g/mol. The van der Waals surface area contributed by atoms with Crippen LogP contribution in [0.1, 0.15) is 38.2 Å². The number of para-hydroxylation sites is 1. The molecule has 1 aliphatic rings. The number of anilines is 1. The average molecular weight is 276 g/mol. The van der Waals surface area contributed by atoms with E-state index >= 15 is 0 Å². The molecule has 2 rings (SSSR count). The zero-order valence-electron chi connectivity index (χ0n) is 12.6. The van der Waals surface area contributed by atoms with Crippen LogP contribution in [0.15, 0.2) is 24.3 Å². The minimum Gasteiger partial charge on any atom is -0.369 e. The molecule has 0 aliphatic carbocycles. The van der Waals surface area contributed by atoms with Crippen LogP contribution >= 0.6 is 0 Å². The van der Waals surface area contributed by atoms with Crippen molar-refractivity contribution in [3.8, 4) is 0 Å². The third-order valence-corrected chi connectivity index (χ3v) is 4.41. The Morgan fingerprint density at radius 3 is 2.80 bits per heavy atom. The van der Waals surface area contributed by atoms with E-state index in [-0.39, 0.29) is 5.91 Å². The summed E-state index contributed by atoms with van der Waals surface area (Å²) in [5, 5.41) is 0. The van der Waals surface area contributed by atoms with E-state index in [0.717, 1.165) is 12.1 Å². The van der Waals surface area contributed by atoms with Crippen molar-refractivity contribution < 1.29 is 9.53 Å². The first-order valence-corrected chi connectivity index (χ1v) is 7.23. The average Bonchev–Trinajstić information content (AvgIpc) is 2.85. The SMILES string of the molecule is CCC(C)(OC)C(=O)N1CC(CCN)c2ccccc21. The molecule has 1 heterocycles. The molecule has 2 unspecified atom stereocenters. The molecule has 1 aliphatic heterocycles. The predicted octanol–water partition coefficient (Wildman–Crippen LogP) is 2.28. The number of methoxy groups -OCH3 is 1. The fraction of sp³-hybridized carbons (Fsp3) is 0.562. The van der Waals surface area contributed by atoms with E-state index < -0.39 is 5.60 Å². The zero-order valence-corrected chi connectivity index (χ0v) is 12.6. The number of carbonyl (C=O) groups is 1. The van der Waals surface area contributed by atoms with Gasteiger partial charge in [-0.2, -0.15) is 0 Å². The number of ether oxygens (including phenoxy) is 1. The highest BCUT2D eigenvalue weighted by molar-refractivity contribution is 6.01. The standard InChI is InChI=1S/C16H24N2O2/c1-4-16(2,20-3)15(19)18-11-12(9-10-17)13-7-5-6-8-14(13)18/h5-8,12H,4,9-11,17H2,1-3H3. The second kappa shape index (κ2) is 5.94. The van der Waals surface area contributed by atoms with Crippen LogP contribution in [0, 0.1) is 0 Å². The van der Waals surface area contributed by atoms with Gasteiger partial charge in [0.05, 0.1) is 0 Å². The molecule has 0 saturated heterocycles. The van der Waals surface area contributed by atoms with Crippen LogP contribution in [0.2, 0.25) is 0 Å². The van der Waals surface area contributed by atoms with Gasteiger partial charge in [-0.05, 0) is 37.9 Å². The Bertz CT molecular complexity index is 483. The number of benzene rings is 1. The molecule has 0 radical (unpaired) electrons. The second-order valence-electron chi connectivity index (χ2n) is 5.54. The Morgan fingerprint density at radius 2 is 2.20 bits per heavy atom. The minimum atomic E-state index is -0.759. The summed E-state index contributed by atoms with van der Waals surface area (Å²) in [5.41, 5.74) is 7.17. The Kier molecular flexibility index (Phi) is 4.45. The van der Waals surface area contributed by atoms with Crippen LogP contribution in [-0.2, 0) is 9.53 Å². The largest absolute Gasteiger partial charge is 0.369 e. The third-order valence-electron chi connectivity index (χ3n) is 4.41. The predicted molar refractivity (Wildman–Crippen MR) is 80.9 cm³/mol. The van der Waals surface area contributed by atoms with E-state index in [9.17, 15) is 4.79 Å².